The van der Waals surface area contributed by atoms with Crippen LogP contribution >= 0.6 is 11.6 Å². The number of nitro benzene ring substituents is 1. The number of aromatic amines is 1. The van der Waals surface area contributed by atoms with E-state index in [4.69, 9.17) is 11.6 Å². The van der Waals surface area contributed by atoms with E-state index in [1.807, 2.05) is 12.1 Å². The fraction of sp³-hybridized carbons (Fsp3) is 0.190. The highest BCUT2D eigenvalue weighted by atomic mass is 35.5. The minimum atomic E-state index is -4.04. The second-order valence-electron chi connectivity index (χ2n) is 7.15. The molecule has 32 heavy (non-hydrogen) atoms. The van der Waals surface area contributed by atoms with Crippen molar-refractivity contribution >= 4 is 44.2 Å². The number of hydrogen-bond donors (Lipinski definition) is 1. The number of H-pyrrole nitrogens is 1. The number of rotatable bonds is 5. The van der Waals surface area contributed by atoms with Crippen LogP contribution in [0.2, 0.25) is 5.02 Å². The molecule has 1 N–H and O–H groups in total. The van der Waals surface area contributed by atoms with Gasteiger partial charge >= 0.3 is 5.97 Å². The van der Waals surface area contributed by atoms with Gasteiger partial charge in [0.25, 0.3) is 5.69 Å². The summed E-state index contributed by atoms with van der Waals surface area (Å²) in [4.78, 5) is 25.2. The number of ether oxygens (including phenoxy) is 1. The quantitative estimate of drug-likeness (QED) is 0.259. The molecule has 0 fully saturated rings. The molecular weight excluding hydrogens is 458 g/mol. The lowest BCUT2D eigenvalue weighted by atomic mass is 9.99. The fourth-order valence-electron chi connectivity index (χ4n) is 3.84. The number of nitro groups is 1. The molecule has 0 saturated heterocycles. The second-order valence-corrected chi connectivity index (χ2v) is 9.48. The molecule has 1 unspecified atom stereocenters. The van der Waals surface area contributed by atoms with Crippen molar-refractivity contribution < 1.29 is 22.9 Å². The molecule has 0 saturated carbocycles. The van der Waals surface area contributed by atoms with Gasteiger partial charge < -0.3 is 9.72 Å². The van der Waals surface area contributed by atoms with Gasteiger partial charge in [0, 0.05) is 46.4 Å². The Morgan fingerprint density at radius 1 is 1.28 bits per heavy atom. The van der Waals surface area contributed by atoms with Crippen LogP contribution in [-0.4, -0.2) is 42.3 Å². The van der Waals surface area contributed by atoms with Gasteiger partial charge in [0.2, 0.25) is 10.0 Å². The highest BCUT2D eigenvalue weighted by Crippen LogP contribution is 2.39. The van der Waals surface area contributed by atoms with Gasteiger partial charge in [-0.05, 0) is 42.3 Å². The van der Waals surface area contributed by atoms with E-state index in [0.717, 1.165) is 28.6 Å². The maximum atomic E-state index is 13.4. The molecule has 0 aliphatic carbocycles. The average molecular weight is 476 g/mol. The van der Waals surface area contributed by atoms with Crippen molar-refractivity contribution in [2.24, 2.45) is 0 Å². The van der Waals surface area contributed by atoms with E-state index < -0.39 is 27.0 Å². The molecule has 2 heterocycles. The van der Waals surface area contributed by atoms with Gasteiger partial charge in [0.05, 0.1) is 23.0 Å². The van der Waals surface area contributed by atoms with Crippen LogP contribution in [0, 0.1) is 10.1 Å². The first-order chi connectivity index (χ1) is 15.2. The van der Waals surface area contributed by atoms with Crippen molar-refractivity contribution in [3.05, 3.63) is 81.0 Å². The maximum Gasteiger partial charge on any atom is 0.330 e. The van der Waals surface area contributed by atoms with Gasteiger partial charge in [-0.25, -0.2) is 13.2 Å². The summed E-state index contributed by atoms with van der Waals surface area (Å²) in [5.41, 5.74) is 2.13. The molecule has 1 atom stereocenters. The molecule has 4 rings (SSSR count). The number of sulfonamides is 1. The average Bonchev–Trinajstić information content (AvgIpc) is 3.15. The van der Waals surface area contributed by atoms with Crippen LogP contribution in [0.5, 0.6) is 0 Å². The molecule has 1 aliphatic rings. The van der Waals surface area contributed by atoms with Gasteiger partial charge in [-0.2, -0.15) is 4.31 Å². The molecule has 11 heteroatoms. The highest BCUT2D eigenvalue weighted by molar-refractivity contribution is 7.89. The van der Waals surface area contributed by atoms with E-state index in [9.17, 15) is 23.3 Å². The largest absolute Gasteiger partial charge is 0.466 e. The minimum Gasteiger partial charge on any atom is -0.466 e. The van der Waals surface area contributed by atoms with Crippen LogP contribution in [-0.2, 0) is 26.0 Å². The minimum absolute atomic E-state index is 0.0813. The number of esters is 1. The SMILES string of the molecule is COC(=O)/C=C/C1c2[nH]c3ccc(Cl)cc3c2CCN1S(=O)(=O)c1ccc([N+](=O)[O-])cc1. The Morgan fingerprint density at radius 2 is 2.00 bits per heavy atom. The van der Waals surface area contributed by atoms with Crippen molar-refractivity contribution in [3.8, 4) is 0 Å². The molecule has 0 bridgehead atoms. The number of nitrogens with one attached hydrogen (secondary N) is 1. The predicted molar refractivity (Wildman–Crippen MR) is 118 cm³/mol. The molecule has 0 radical (unpaired) electrons. The van der Waals surface area contributed by atoms with Crippen LogP contribution in [0.15, 0.2) is 59.5 Å². The second kappa shape index (κ2) is 8.38. The van der Waals surface area contributed by atoms with Gasteiger partial charge in [-0.15, -0.1) is 0 Å². The lowest BCUT2D eigenvalue weighted by Gasteiger charge is -2.33. The summed E-state index contributed by atoms with van der Waals surface area (Å²) in [6.45, 7) is 0.141. The van der Waals surface area contributed by atoms with Crippen LogP contribution < -0.4 is 0 Å². The number of carbonyl (C=O) groups excluding carboxylic acids is 1. The molecule has 1 aromatic heterocycles. The lowest BCUT2D eigenvalue weighted by molar-refractivity contribution is -0.384. The van der Waals surface area contributed by atoms with E-state index in [1.165, 1.54) is 35.7 Å². The highest BCUT2D eigenvalue weighted by Gasteiger charge is 2.37. The molecule has 0 amide bonds. The Bertz CT molecular complexity index is 1350. The molecule has 2 aromatic carbocycles. The van der Waals surface area contributed by atoms with Gasteiger partial charge in [0.1, 0.15) is 0 Å². The van der Waals surface area contributed by atoms with E-state index in [1.54, 1.807) is 6.07 Å². The molecule has 0 spiro atoms. The number of non-ortho nitro benzene ring substituents is 1. The summed E-state index contributed by atoms with van der Waals surface area (Å²) >= 11 is 6.15. The number of halogens is 1. The number of aromatic nitrogens is 1. The van der Waals surface area contributed by atoms with Crippen LogP contribution in [0.4, 0.5) is 5.69 Å². The number of carbonyl (C=O) groups is 1. The number of fused-ring (bicyclic) bond motifs is 3. The van der Waals surface area contributed by atoms with E-state index in [-0.39, 0.29) is 17.1 Å². The van der Waals surface area contributed by atoms with Crippen molar-refractivity contribution in [2.45, 2.75) is 17.4 Å². The third-order valence-electron chi connectivity index (χ3n) is 5.36. The number of hydrogen-bond acceptors (Lipinski definition) is 6. The molecular formula is C21H18ClN3O6S. The predicted octanol–water partition coefficient (Wildman–Crippen LogP) is 3.75. The Balaban J connectivity index is 1.82. The standard InChI is InChI=1S/C21H18ClN3O6S/c1-31-20(26)9-8-19-21-16(17-12-13(22)2-7-18(17)23-21)10-11-24(19)32(29,30)15-5-3-14(4-6-15)25(27)28/h2-9,12,19,23H,10-11H2,1H3/b9-8+. The molecule has 9 nitrogen and oxygen atoms in total. The smallest absolute Gasteiger partial charge is 0.330 e. The first kappa shape index (κ1) is 22.0. The third-order valence-corrected chi connectivity index (χ3v) is 7.49. The first-order valence-electron chi connectivity index (χ1n) is 9.55. The van der Waals surface area contributed by atoms with Crippen molar-refractivity contribution in [1.82, 2.24) is 9.29 Å². The van der Waals surface area contributed by atoms with E-state index in [2.05, 4.69) is 9.72 Å². The number of benzene rings is 2. The zero-order chi connectivity index (χ0) is 23.0. The Morgan fingerprint density at radius 3 is 2.66 bits per heavy atom. The topological polar surface area (TPSA) is 123 Å². The lowest BCUT2D eigenvalue weighted by Crippen LogP contribution is -2.39. The Hall–Kier alpha value is -3.21. The van der Waals surface area contributed by atoms with Crippen LogP contribution in [0.1, 0.15) is 17.3 Å². The monoisotopic (exact) mass is 475 g/mol. The summed E-state index contributed by atoms with van der Waals surface area (Å²) in [5, 5.41) is 12.4. The van der Waals surface area contributed by atoms with Crippen LogP contribution in [0.3, 0.4) is 0 Å². The Kier molecular flexibility index (Phi) is 5.76. The first-order valence-corrected chi connectivity index (χ1v) is 11.4. The summed E-state index contributed by atoms with van der Waals surface area (Å²) in [7, 11) is -2.80. The molecule has 1 aliphatic heterocycles. The summed E-state index contributed by atoms with van der Waals surface area (Å²) < 4.78 is 32.8. The molecule has 3 aromatic rings. The van der Waals surface area contributed by atoms with Gasteiger partial charge in [-0.3, -0.25) is 10.1 Å². The van der Waals surface area contributed by atoms with Crippen molar-refractivity contribution in [3.63, 3.8) is 0 Å². The normalized spacial score (nSPS) is 16.9. The number of nitrogens with zero attached hydrogens (tertiary/aromatic N) is 2. The zero-order valence-electron chi connectivity index (χ0n) is 16.8. The van der Waals surface area contributed by atoms with E-state index >= 15 is 0 Å². The van der Waals surface area contributed by atoms with Gasteiger partial charge in [-0.1, -0.05) is 17.7 Å². The van der Waals surface area contributed by atoms with E-state index in [0.29, 0.717) is 17.1 Å². The maximum absolute atomic E-state index is 13.4. The zero-order valence-corrected chi connectivity index (χ0v) is 18.4. The Labute approximate surface area is 188 Å². The fourth-order valence-corrected chi connectivity index (χ4v) is 5.57. The van der Waals surface area contributed by atoms with Gasteiger partial charge in [0.15, 0.2) is 0 Å². The van der Waals surface area contributed by atoms with Crippen LogP contribution in [0.25, 0.3) is 10.9 Å². The van der Waals surface area contributed by atoms with Crippen molar-refractivity contribution in [1.29, 1.82) is 0 Å². The summed E-state index contributed by atoms with van der Waals surface area (Å²) in [6.07, 6.45) is 3.06. The third kappa shape index (κ3) is 3.88. The number of methoxy groups -OCH3 is 1. The van der Waals surface area contributed by atoms with Crippen molar-refractivity contribution in [2.75, 3.05) is 13.7 Å². The molecule has 166 valence electrons. The summed E-state index contributed by atoms with van der Waals surface area (Å²) in [6, 6.07) is 9.24. The summed E-state index contributed by atoms with van der Waals surface area (Å²) in [5.74, 6) is -0.621.